The van der Waals surface area contributed by atoms with Crippen LogP contribution in [0.5, 0.6) is 0 Å². The summed E-state index contributed by atoms with van der Waals surface area (Å²) in [5.41, 5.74) is 0.602. The number of nitrogens with one attached hydrogen (secondary N) is 1. The smallest absolute Gasteiger partial charge is 0.328 e. The summed E-state index contributed by atoms with van der Waals surface area (Å²) in [7, 11) is 1.25. The molecule has 2 aromatic rings. The minimum Gasteiger partial charge on any atom is -0.618 e. The molecule has 7 heteroatoms. The van der Waals surface area contributed by atoms with Gasteiger partial charge in [0.15, 0.2) is 0 Å². The third kappa shape index (κ3) is 2.98. The van der Waals surface area contributed by atoms with E-state index in [4.69, 9.17) is 0 Å². The maximum atomic E-state index is 12.3. The van der Waals surface area contributed by atoms with Crippen molar-refractivity contribution < 1.29 is 19.1 Å². The number of aromatic nitrogens is 2. The maximum absolute atomic E-state index is 12.3. The lowest BCUT2D eigenvalue weighted by molar-refractivity contribution is -0.580. The number of para-hydroxylation sites is 2. The van der Waals surface area contributed by atoms with Crippen LogP contribution in [0, 0.1) is 11.1 Å². The number of ether oxygens (including phenoxy) is 1. The average molecular weight is 303 g/mol. The Balaban J connectivity index is 2.33. The van der Waals surface area contributed by atoms with Gasteiger partial charge < -0.3 is 15.3 Å². The van der Waals surface area contributed by atoms with Crippen LogP contribution in [-0.4, -0.2) is 30.0 Å². The van der Waals surface area contributed by atoms with Crippen LogP contribution in [0.15, 0.2) is 30.5 Å². The second-order valence-corrected chi connectivity index (χ2v) is 5.14. The number of nitrogens with zero attached hydrogens (tertiary/aromatic N) is 2. The Bertz CT molecular complexity index is 715. The second-order valence-electron chi connectivity index (χ2n) is 5.14. The number of esters is 1. The van der Waals surface area contributed by atoms with E-state index in [-0.39, 0.29) is 17.1 Å². The van der Waals surface area contributed by atoms with E-state index in [0.717, 1.165) is 0 Å². The molecular weight excluding hydrogens is 286 g/mol. The van der Waals surface area contributed by atoms with Crippen LogP contribution >= 0.6 is 0 Å². The third-order valence-electron chi connectivity index (χ3n) is 3.29. The highest BCUT2D eigenvalue weighted by atomic mass is 16.5. The number of fused-ring (bicyclic) bond motifs is 1. The average Bonchev–Trinajstić information content (AvgIpc) is 2.52. The quantitative estimate of drug-likeness (QED) is 0.512. The third-order valence-corrected chi connectivity index (χ3v) is 3.29. The highest BCUT2D eigenvalue weighted by Crippen LogP contribution is 2.08. The van der Waals surface area contributed by atoms with Gasteiger partial charge in [-0.2, -0.15) is 4.73 Å². The van der Waals surface area contributed by atoms with Crippen molar-refractivity contribution in [3.05, 3.63) is 41.4 Å². The largest absolute Gasteiger partial charge is 0.618 e. The normalized spacial score (nSPS) is 12.2. The van der Waals surface area contributed by atoms with Crippen molar-refractivity contribution in [1.29, 1.82) is 0 Å². The van der Waals surface area contributed by atoms with Gasteiger partial charge in [-0.25, -0.2) is 9.78 Å². The molecule has 0 aliphatic heterocycles. The van der Waals surface area contributed by atoms with Gasteiger partial charge in [0.2, 0.25) is 5.52 Å². The summed E-state index contributed by atoms with van der Waals surface area (Å²) < 4.78 is 5.16. The van der Waals surface area contributed by atoms with Crippen molar-refractivity contribution in [1.82, 2.24) is 10.3 Å². The van der Waals surface area contributed by atoms with Crippen LogP contribution in [0.25, 0.3) is 11.0 Å². The molecule has 22 heavy (non-hydrogen) atoms. The summed E-state index contributed by atoms with van der Waals surface area (Å²) in [5, 5.41) is 14.8. The molecule has 1 heterocycles. The predicted molar refractivity (Wildman–Crippen MR) is 78.8 cm³/mol. The molecule has 0 fully saturated rings. The molecule has 7 nitrogen and oxygen atoms in total. The molecule has 1 N–H and O–H groups in total. The van der Waals surface area contributed by atoms with E-state index >= 15 is 0 Å². The lowest BCUT2D eigenvalue weighted by Crippen LogP contribution is -2.49. The molecular formula is C15H17N3O4. The SMILES string of the molecule is COC(=O)[C@@H](NC(=O)c1cnc2ccccc2[n+]1[O-])C(C)C. The first-order chi connectivity index (χ1) is 10.5. The lowest BCUT2D eigenvalue weighted by Gasteiger charge is -2.19. The Morgan fingerprint density at radius 1 is 1.32 bits per heavy atom. The molecule has 0 saturated heterocycles. The van der Waals surface area contributed by atoms with Gasteiger partial charge in [-0.05, 0) is 12.0 Å². The van der Waals surface area contributed by atoms with Gasteiger partial charge in [0.25, 0.3) is 0 Å². The molecule has 1 aromatic carbocycles. The number of hydrogen-bond acceptors (Lipinski definition) is 5. The van der Waals surface area contributed by atoms with E-state index < -0.39 is 17.9 Å². The van der Waals surface area contributed by atoms with Gasteiger partial charge in [-0.15, -0.1) is 0 Å². The standard InChI is InChI=1S/C15H17N3O4/c1-9(2)13(15(20)22-3)17-14(19)12-8-16-10-6-4-5-7-11(10)18(12)21/h4-9,13H,1-3H3,(H,17,19)/t13-/m0/s1. The van der Waals surface area contributed by atoms with Gasteiger partial charge >= 0.3 is 17.6 Å². The summed E-state index contributed by atoms with van der Waals surface area (Å²) in [4.78, 5) is 28.0. The zero-order chi connectivity index (χ0) is 16.3. The van der Waals surface area contributed by atoms with Crippen LogP contribution in [0.4, 0.5) is 0 Å². The summed E-state index contributed by atoms with van der Waals surface area (Å²) in [6, 6.07) is 5.86. The highest BCUT2D eigenvalue weighted by molar-refractivity contribution is 5.94. The Kier molecular flexibility index (Phi) is 4.55. The molecule has 0 saturated carbocycles. The van der Waals surface area contributed by atoms with Gasteiger partial charge in [-0.3, -0.25) is 4.79 Å². The topological polar surface area (TPSA) is 95.2 Å². The first-order valence-electron chi connectivity index (χ1n) is 6.81. The fourth-order valence-corrected chi connectivity index (χ4v) is 2.05. The van der Waals surface area contributed by atoms with Crippen LogP contribution in [-0.2, 0) is 9.53 Å². The number of hydrogen-bond donors (Lipinski definition) is 1. The zero-order valence-corrected chi connectivity index (χ0v) is 12.6. The van der Waals surface area contributed by atoms with E-state index in [2.05, 4.69) is 15.0 Å². The summed E-state index contributed by atoms with van der Waals surface area (Å²) in [5.74, 6) is -1.41. The zero-order valence-electron chi connectivity index (χ0n) is 12.6. The number of benzene rings is 1. The lowest BCUT2D eigenvalue weighted by atomic mass is 10.0. The number of amides is 1. The van der Waals surface area contributed by atoms with E-state index in [0.29, 0.717) is 10.2 Å². The molecule has 1 aromatic heterocycles. The minimum absolute atomic E-state index is 0.173. The molecule has 0 spiro atoms. The molecule has 116 valence electrons. The Morgan fingerprint density at radius 3 is 2.64 bits per heavy atom. The summed E-state index contributed by atoms with van der Waals surface area (Å²) in [6.07, 6.45) is 1.19. The minimum atomic E-state index is -0.830. The highest BCUT2D eigenvalue weighted by Gasteiger charge is 2.29. The molecule has 0 radical (unpaired) electrons. The van der Waals surface area contributed by atoms with E-state index in [9.17, 15) is 14.8 Å². The molecule has 1 amide bonds. The van der Waals surface area contributed by atoms with Gasteiger partial charge in [0.05, 0.1) is 7.11 Å². The van der Waals surface area contributed by atoms with Crippen molar-refractivity contribution >= 4 is 22.9 Å². The van der Waals surface area contributed by atoms with E-state index in [1.807, 2.05) is 0 Å². The molecule has 0 aliphatic rings. The van der Waals surface area contributed by atoms with Crippen LogP contribution < -0.4 is 10.0 Å². The Morgan fingerprint density at radius 2 is 2.00 bits per heavy atom. The van der Waals surface area contributed by atoms with Crippen molar-refractivity contribution in [2.75, 3.05) is 7.11 Å². The van der Waals surface area contributed by atoms with Gasteiger partial charge in [-0.1, -0.05) is 26.0 Å². The van der Waals surface area contributed by atoms with Gasteiger partial charge in [0.1, 0.15) is 17.8 Å². The van der Waals surface area contributed by atoms with E-state index in [1.165, 1.54) is 13.3 Å². The first-order valence-corrected chi connectivity index (χ1v) is 6.81. The maximum Gasteiger partial charge on any atom is 0.328 e. The van der Waals surface area contributed by atoms with Crippen molar-refractivity contribution in [3.63, 3.8) is 0 Å². The van der Waals surface area contributed by atoms with Crippen LogP contribution in [0.1, 0.15) is 24.3 Å². The molecule has 0 bridgehead atoms. The Hall–Kier alpha value is -2.70. The molecule has 1 atom stereocenters. The fraction of sp³-hybridized carbons (Fsp3) is 0.333. The first kappa shape index (κ1) is 15.7. The molecule has 0 aliphatic carbocycles. The van der Waals surface area contributed by atoms with Crippen molar-refractivity contribution in [2.45, 2.75) is 19.9 Å². The number of carbonyl (C=O) groups is 2. The predicted octanol–water partition coefficient (Wildman–Crippen LogP) is 0.796. The van der Waals surface area contributed by atoms with E-state index in [1.54, 1.807) is 38.1 Å². The number of methoxy groups -OCH3 is 1. The summed E-state index contributed by atoms with van der Waals surface area (Å²) >= 11 is 0. The monoisotopic (exact) mass is 303 g/mol. The fourth-order valence-electron chi connectivity index (χ4n) is 2.05. The Labute approximate surface area is 127 Å². The van der Waals surface area contributed by atoms with Crippen molar-refractivity contribution in [3.8, 4) is 0 Å². The molecule has 0 unspecified atom stereocenters. The summed E-state index contributed by atoms with van der Waals surface area (Å²) in [6.45, 7) is 3.54. The number of rotatable bonds is 4. The van der Waals surface area contributed by atoms with Crippen LogP contribution in [0.2, 0.25) is 0 Å². The second kappa shape index (κ2) is 6.38. The van der Waals surface area contributed by atoms with Crippen molar-refractivity contribution in [2.24, 2.45) is 5.92 Å². The molecule has 2 rings (SSSR count). The van der Waals surface area contributed by atoms with Crippen LogP contribution in [0.3, 0.4) is 0 Å². The number of carbonyl (C=O) groups excluding carboxylic acids is 2. The van der Waals surface area contributed by atoms with Gasteiger partial charge in [0, 0.05) is 6.07 Å².